The molecule has 0 radical (unpaired) electrons. The number of benzene rings is 1. The van der Waals surface area contributed by atoms with Crippen molar-refractivity contribution in [2.45, 2.75) is 6.92 Å². The highest BCUT2D eigenvalue weighted by atomic mass is 79.9. The Morgan fingerprint density at radius 3 is 2.67 bits per heavy atom. The topological polar surface area (TPSA) is 63.1 Å². The van der Waals surface area contributed by atoms with E-state index in [2.05, 4.69) is 25.9 Å². The molecule has 2 aromatic heterocycles. The van der Waals surface area contributed by atoms with E-state index in [-0.39, 0.29) is 10.9 Å². The Kier molecular flexibility index (Phi) is 3.46. The zero-order chi connectivity index (χ0) is 15.1. The minimum atomic E-state index is -1.13. The van der Waals surface area contributed by atoms with Crippen LogP contribution in [0.2, 0.25) is 0 Å². The first-order valence-electron chi connectivity index (χ1n) is 5.91. The van der Waals surface area contributed by atoms with Gasteiger partial charge in [-0.3, -0.25) is 0 Å². The van der Waals surface area contributed by atoms with Crippen molar-refractivity contribution in [2.75, 3.05) is 0 Å². The van der Waals surface area contributed by atoms with Gasteiger partial charge in [0.15, 0.2) is 0 Å². The summed E-state index contributed by atoms with van der Waals surface area (Å²) in [5.74, 6) is -1.65. The SMILES string of the molecule is Cc1nc(-c2cc(C(=O)O)c3cc(F)cc(Br)c3n2)cs1. The Bertz CT molecular complexity index is 879. The lowest BCUT2D eigenvalue weighted by atomic mass is 10.1. The summed E-state index contributed by atoms with van der Waals surface area (Å²) >= 11 is 4.68. The maximum Gasteiger partial charge on any atom is 0.336 e. The van der Waals surface area contributed by atoms with Crippen LogP contribution in [0.4, 0.5) is 4.39 Å². The minimum Gasteiger partial charge on any atom is -0.478 e. The summed E-state index contributed by atoms with van der Waals surface area (Å²) in [6.45, 7) is 1.86. The average molecular weight is 367 g/mol. The molecule has 0 atom stereocenters. The Morgan fingerprint density at radius 1 is 1.29 bits per heavy atom. The number of carbonyl (C=O) groups is 1. The van der Waals surface area contributed by atoms with Crippen LogP contribution >= 0.6 is 27.3 Å². The highest BCUT2D eigenvalue weighted by Crippen LogP contribution is 2.30. The summed E-state index contributed by atoms with van der Waals surface area (Å²) in [7, 11) is 0. The van der Waals surface area contributed by atoms with Crippen molar-refractivity contribution in [3.05, 3.63) is 44.4 Å². The second kappa shape index (κ2) is 5.16. The van der Waals surface area contributed by atoms with Gasteiger partial charge in [0.25, 0.3) is 0 Å². The lowest BCUT2D eigenvalue weighted by Gasteiger charge is -2.07. The van der Waals surface area contributed by atoms with E-state index in [4.69, 9.17) is 0 Å². The molecule has 106 valence electrons. The van der Waals surface area contributed by atoms with Crippen molar-refractivity contribution >= 4 is 44.1 Å². The fourth-order valence-electron chi connectivity index (χ4n) is 2.04. The molecule has 2 heterocycles. The molecule has 0 saturated heterocycles. The molecule has 0 bridgehead atoms. The maximum absolute atomic E-state index is 13.5. The molecule has 0 aliphatic carbocycles. The quantitative estimate of drug-likeness (QED) is 0.735. The van der Waals surface area contributed by atoms with Crippen LogP contribution in [0.15, 0.2) is 28.1 Å². The fraction of sp³-hybridized carbons (Fsp3) is 0.0714. The van der Waals surface area contributed by atoms with Crippen LogP contribution in [-0.2, 0) is 0 Å². The van der Waals surface area contributed by atoms with E-state index >= 15 is 0 Å². The highest BCUT2D eigenvalue weighted by Gasteiger charge is 2.17. The van der Waals surface area contributed by atoms with E-state index in [0.717, 1.165) is 5.01 Å². The Hall–Kier alpha value is -1.86. The zero-order valence-corrected chi connectivity index (χ0v) is 13.1. The summed E-state index contributed by atoms with van der Waals surface area (Å²) in [6, 6.07) is 3.86. The number of aromatic nitrogens is 2. The lowest BCUT2D eigenvalue weighted by molar-refractivity contribution is 0.0699. The highest BCUT2D eigenvalue weighted by molar-refractivity contribution is 9.10. The van der Waals surface area contributed by atoms with Crippen LogP contribution in [0, 0.1) is 12.7 Å². The van der Waals surface area contributed by atoms with Gasteiger partial charge in [-0.1, -0.05) is 0 Å². The molecular formula is C14H8BrFN2O2S. The number of nitrogens with zero attached hydrogens (tertiary/aromatic N) is 2. The molecule has 0 fully saturated rings. The first-order chi connectivity index (χ1) is 9.95. The van der Waals surface area contributed by atoms with Gasteiger partial charge in [0.1, 0.15) is 5.82 Å². The molecule has 0 unspecified atom stereocenters. The van der Waals surface area contributed by atoms with E-state index in [1.807, 2.05) is 12.3 Å². The molecule has 7 heteroatoms. The van der Waals surface area contributed by atoms with Gasteiger partial charge >= 0.3 is 5.97 Å². The molecule has 21 heavy (non-hydrogen) atoms. The van der Waals surface area contributed by atoms with Crippen molar-refractivity contribution in [3.63, 3.8) is 0 Å². The lowest BCUT2D eigenvalue weighted by Crippen LogP contribution is -2.01. The molecular weight excluding hydrogens is 359 g/mol. The number of aromatic carboxylic acids is 1. The van der Waals surface area contributed by atoms with Crippen molar-refractivity contribution in [3.8, 4) is 11.4 Å². The monoisotopic (exact) mass is 366 g/mol. The number of hydrogen-bond donors (Lipinski definition) is 1. The normalized spacial score (nSPS) is 11.0. The third-order valence-corrected chi connectivity index (χ3v) is 4.32. The van der Waals surface area contributed by atoms with Gasteiger partial charge in [0, 0.05) is 15.2 Å². The third kappa shape index (κ3) is 2.54. The molecule has 4 nitrogen and oxygen atoms in total. The second-order valence-corrected chi connectivity index (χ2v) is 6.31. The van der Waals surface area contributed by atoms with E-state index in [1.54, 1.807) is 0 Å². The number of carboxylic acids is 1. The van der Waals surface area contributed by atoms with Crippen LogP contribution in [-0.4, -0.2) is 21.0 Å². The van der Waals surface area contributed by atoms with Crippen LogP contribution in [0.25, 0.3) is 22.3 Å². The van der Waals surface area contributed by atoms with Crippen LogP contribution in [0.5, 0.6) is 0 Å². The van der Waals surface area contributed by atoms with Gasteiger partial charge in [0.05, 0.1) is 27.5 Å². The van der Waals surface area contributed by atoms with Gasteiger partial charge in [-0.05, 0) is 41.1 Å². The summed E-state index contributed by atoms with van der Waals surface area (Å²) in [5, 5.41) is 12.3. The molecule has 0 aliphatic heterocycles. The number of halogens is 2. The van der Waals surface area contributed by atoms with Gasteiger partial charge in [-0.25, -0.2) is 19.2 Å². The Morgan fingerprint density at radius 2 is 2.05 bits per heavy atom. The summed E-state index contributed by atoms with van der Waals surface area (Å²) in [6.07, 6.45) is 0. The molecule has 0 saturated carbocycles. The third-order valence-electron chi connectivity index (χ3n) is 2.94. The first kappa shape index (κ1) is 14.1. The van der Waals surface area contributed by atoms with Crippen molar-refractivity contribution in [1.29, 1.82) is 0 Å². The first-order valence-corrected chi connectivity index (χ1v) is 7.58. The predicted octanol–water partition coefficient (Wildman–Crippen LogP) is 4.27. The number of fused-ring (bicyclic) bond motifs is 1. The van der Waals surface area contributed by atoms with Crippen molar-refractivity contribution in [2.24, 2.45) is 0 Å². The zero-order valence-electron chi connectivity index (χ0n) is 10.7. The molecule has 0 spiro atoms. The second-order valence-electron chi connectivity index (χ2n) is 4.40. The number of carboxylic acid groups (broad SMARTS) is 1. The standard InChI is InChI=1S/C14H8BrFN2O2S/c1-6-17-12(5-21-6)11-4-9(14(19)20)8-2-7(16)3-10(15)13(8)18-11/h2-5H,1H3,(H,19,20). The maximum atomic E-state index is 13.5. The van der Waals surface area contributed by atoms with Gasteiger partial charge in [-0.15, -0.1) is 11.3 Å². The van der Waals surface area contributed by atoms with Crippen molar-refractivity contribution in [1.82, 2.24) is 9.97 Å². The van der Waals surface area contributed by atoms with E-state index < -0.39 is 11.8 Å². The average Bonchev–Trinajstić information content (AvgIpc) is 2.84. The molecule has 3 rings (SSSR count). The number of hydrogen-bond acceptors (Lipinski definition) is 4. The molecule has 1 N–H and O–H groups in total. The predicted molar refractivity (Wildman–Crippen MR) is 82.2 cm³/mol. The Balaban J connectivity index is 2.37. The van der Waals surface area contributed by atoms with E-state index in [0.29, 0.717) is 21.4 Å². The molecule has 1 aromatic carbocycles. The number of rotatable bonds is 2. The summed E-state index contributed by atoms with van der Waals surface area (Å²) in [5.41, 5.74) is 1.47. The van der Waals surface area contributed by atoms with Crippen LogP contribution < -0.4 is 0 Å². The summed E-state index contributed by atoms with van der Waals surface area (Å²) in [4.78, 5) is 20.2. The smallest absolute Gasteiger partial charge is 0.336 e. The molecule has 0 aliphatic rings. The Labute approximate surface area is 131 Å². The summed E-state index contributed by atoms with van der Waals surface area (Å²) < 4.78 is 13.9. The number of pyridine rings is 1. The van der Waals surface area contributed by atoms with E-state index in [9.17, 15) is 14.3 Å². The minimum absolute atomic E-state index is 0.000790. The van der Waals surface area contributed by atoms with Gasteiger partial charge in [0.2, 0.25) is 0 Å². The number of aryl methyl sites for hydroxylation is 1. The largest absolute Gasteiger partial charge is 0.478 e. The fourth-order valence-corrected chi connectivity index (χ4v) is 3.17. The van der Waals surface area contributed by atoms with Crippen LogP contribution in [0.1, 0.15) is 15.4 Å². The van der Waals surface area contributed by atoms with Gasteiger partial charge < -0.3 is 5.11 Å². The van der Waals surface area contributed by atoms with E-state index in [1.165, 1.54) is 29.5 Å². The number of thiazole rings is 1. The molecule has 0 amide bonds. The van der Waals surface area contributed by atoms with Crippen molar-refractivity contribution < 1.29 is 14.3 Å². The van der Waals surface area contributed by atoms with Crippen LogP contribution in [0.3, 0.4) is 0 Å². The van der Waals surface area contributed by atoms with Gasteiger partial charge in [-0.2, -0.15) is 0 Å². The molecule has 3 aromatic rings.